The molecule has 0 fully saturated rings. The van der Waals surface area contributed by atoms with Gasteiger partial charge in [0.25, 0.3) is 0 Å². The van der Waals surface area contributed by atoms with Gasteiger partial charge in [0.1, 0.15) is 6.04 Å². The maximum atomic E-state index is 13.5. The summed E-state index contributed by atoms with van der Waals surface area (Å²) in [5, 5.41) is 4.40. The highest BCUT2D eigenvalue weighted by Gasteiger charge is 2.16. The number of nitrogens with one attached hydrogen (secondary N) is 2. The van der Waals surface area contributed by atoms with Gasteiger partial charge < -0.3 is 11.1 Å². The molecule has 1 unspecified atom stereocenters. The molecule has 0 radical (unpaired) electrons. The number of rotatable bonds is 3. The van der Waals surface area contributed by atoms with Crippen molar-refractivity contribution >= 4 is 29.2 Å². The number of halogens is 2. The van der Waals surface area contributed by atoms with Crippen molar-refractivity contribution in [3.63, 3.8) is 0 Å². The summed E-state index contributed by atoms with van der Waals surface area (Å²) in [7, 11) is 0. The van der Waals surface area contributed by atoms with Gasteiger partial charge in [-0.05, 0) is 19.1 Å². The average Bonchev–Trinajstić information content (AvgIpc) is 2.23. The highest BCUT2D eigenvalue weighted by Crippen LogP contribution is 2.22. The Morgan fingerprint density at radius 1 is 1.47 bits per heavy atom. The second kappa shape index (κ2) is 5.49. The van der Waals surface area contributed by atoms with E-state index in [0.717, 1.165) is 0 Å². The number of amides is 3. The van der Waals surface area contributed by atoms with Crippen LogP contribution in [0.25, 0.3) is 0 Å². The molecule has 0 heterocycles. The fourth-order valence-electron chi connectivity index (χ4n) is 1.14. The molecule has 1 rings (SSSR count). The van der Waals surface area contributed by atoms with Gasteiger partial charge >= 0.3 is 6.03 Å². The van der Waals surface area contributed by atoms with E-state index in [4.69, 9.17) is 17.3 Å². The maximum Gasteiger partial charge on any atom is 0.318 e. The fraction of sp³-hybridized carbons (Fsp3) is 0.200. The van der Waals surface area contributed by atoms with Crippen LogP contribution in [0.5, 0.6) is 0 Å². The summed E-state index contributed by atoms with van der Waals surface area (Å²) in [5.74, 6) is -1.32. The number of hydrogen-bond donors (Lipinski definition) is 3. The van der Waals surface area contributed by atoms with Gasteiger partial charge in [-0.15, -0.1) is 0 Å². The van der Waals surface area contributed by atoms with E-state index in [1.165, 1.54) is 25.1 Å². The standard InChI is InChI=1S/C10H11ClFN3O2/c1-5(9(16)15-10(13)17)14-7-4-2-3-6(11)8(7)12/h2-5,14H,1H3,(H3,13,15,16,17). The number of carbonyl (C=O) groups excluding carboxylic acids is 2. The molecule has 17 heavy (non-hydrogen) atoms. The summed E-state index contributed by atoms with van der Waals surface area (Å²) in [6.07, 6.45) is 0. The summed E-state index contributed by atoms with van der Waals surface area (Å²) in [5.41, 5.74) is 4.86. The van der Waals surface area contributed by atoms with Crippen molar-refractivity contribution in [2.75, 3.05) is 5.32 Å². The van der Waals surface area contributed by atoms with Crippen molar-refractivity contribution < 1.29 is 14.0 Å². The van der Waals surface area contributed by atoms with Gasteiger partial charge in [-0.1, -0.05) is 17.7 Å². The highest BCUT2D eigenvalue weighted by molar-refractivity contribution is 6.31. The first-order valence-corrected chi connectivity index (χ1v) is 5.10. The number of imide groups is 1. The molecule has 92 valence electrons. The molecule has 7 heteroatoms. The molecule has 0 aliphatic heterocycles. The van der Waals surface area contributed by atoms with Crippen molar-refractivity contribution in [1.29, 1.82) is 0 Å². The van der Waals surface area contributed by atoms with Gasteiger partial charge in [0.05, 0.1) is 10.7 Å². The Hall–Kier alpha value is -1.82. The molecule has 1 atom stereocenters. The maximum absolute atomic E-state index is 13.5. The Morgan fingerprint density at radius 3 is 2.71 bits per heavy atom. The quantitative estimate of drug-likeness (QED) is 0.769. The molecule has 0 saturated carbocycles. The zero-order valence-corrected chi connectivity index (χ0v) is 9.72. The Kier molecular flexibility index (Phi) is 4.28. The van der Waals surface area contributed by atoms with Crippen LogP contribution < -0.4 is 16.4 Å². The minimum Gasteiger partial charge on any atom is -0.371 e. The molecule has 0 aromatic heterocycles. The largest absolute Gasteiger partial charge is 0.371 e. The number of primary amides is 1. The van der Waals surface area contributed by atoms with E-state index < -0.39 is 23.8 Å². The molecule has 4 N–H and O–H groups in total. The molecule has 0 bridgehead atoms. The van der Waals surface area contributed by atoms with Crippen LogP contribution >= 0.6 is 11.6 Å². The summed E-state index contributed by atoms with van der Waals surface area (Å²) in [4.78, 5) is 21.8. The van der Waals surface area contributed by atoms with Gasteiger partial charge in [-0.3, -0.25) is 10.1 Å². The van der Waals surface area contributed by atoms with Crippen LogP contribution in [0.1, 0.15) is 6.92 Å². The van der Waals surface area contributed by atoms with Gasteiger partial charge in [0, 0.05) is 0 Å². The molecule has 0 spiro atoms. The zero-order chi connectivity index (χ0) is 13.0. The molecule has 0 saturated heterocycles. The second-order valence-electron chi connectivity index (χ2n) is 3.32. The minimum atomic E-state index is -0.963. The molecule has 3 amide bonds. The summed E-state index contributed by atoms with van der Waals surface area (Å²) >= 11 is 5.57. The second-order valence-corrected chi connectivity index (χ2v) is 3.73. The number of benzene rings is 1. The van der Waals surface area contributed by atoms with Crippen LogP contribution in [0.15, 0.2) is 18.2 Å². The Morgan fingerprint density at radius 2 is 2.12 bits per heavy atom. The highest BCUT2D eigenvalue weighted by atomic mass is 35.5. The van der Waals surface area contributed by atoms with Crippen LogP contribution in [-0.4, -0.2) is 18.0 Å². The predicted molar refractivity (Wildman–Crippen MR) is 62.2 cm³/mol. The summed E-state index contributed by atoms with van der Waals surface area (Å²) < 4.78 is 13.5. The zero-order valence-electron chi connectivity index (χ0n) is 8.96. The lowest BCUT2D eigenvalue weighted by Crippen LogP contribution is -2.43. The van der Waals surface area contributed by atoms with Gasteiger partial charge in [0.2, 0.25) is 5.91 Å². The van der Waals surface area contributed by atoms with Gasteiger partial charge in [-0.25, -0.2) is 9.18 Å². The predicted octanol–water partition coefficient (Wildman–Crippen LogP) is 1.47. The molecule has 0 aliphatic carbocycles. The SMILES string of the molecule is CC(Nc1cccc(Cl)c1F)C(=O)NC(N)=O. The fourth-order valence-corrected chi connectivity index (χ4v) is 1.32. The smallest absolute Gasteiger partial charge is 0.318 e. The number of carbonyl (C=O) groups is 2. The van der Waals surface area contributed by atoms with Crippen molar-refractivity contribution in [3.05, 3.63) is 29.0 Å². The molecule has 1 aromatic rings. The van der Waals surface area contributed by atoms with Gasteiger partial charge in [-0.2, -0.15) is 0 Å². The number of urea groups is 1. The summed E-state index contributed by atoms with van der Waals surface area (Å²) in [6.45, 7) is 1.46. The number of anilines is 1. The first kappa shape index (κ1) is 13.2. The third-order valence-electron chi connectivity index (χ3n) is 1.96. The van der Waals surface area contributed by atoms with E-state index >= 15 is 0 Å². The van der Waals surface area contributed by atoms with Gasteiger partial charge in [0.15, 0.2) is 5.82 Å². The lowest BCUT2D eigenvalue weighted by molar-refractivity contribution is -0.120. The van der Waals surface area contributed by atoms with Crippen molar-refractivity contribution in [1.82, 2.24) is 5.32 Å². The normalized spacial score (nSPS) is 11.7. The third kappa shape index (κ3) is 3.60. The lowest BCUT2D eigenvalue weighted by Gasteiger charge is -2.14. The Labute approximate surface area is 102 Å². The van der Waals surface area contributed by atoms with Crippen LogP contribution in [0, 0.1) is 5.82 Å². The average molecular weight is 260 g/mol. The molecule has 5 nitrogen and oxygen atoms in total. The molecule has 1 aromatic carbocycles. The number of nitrogens with two attached hydrogens (primary N) is 1. The van der Waals surface area contributed by atoms with E-state index in [0.29, 0.717) is 0 Å². The monoisotopic (exact) mass is 259 g/mol. The van der Waals surface area contributed by atoms with Crippen LogP contribution in [0.2, 0.25) is 5.02 Å². The minimum absolute atomic E-state index is 0.0579. The van der Waals surface area contributed by atoms with Crippen molar-refractivity contribution in [2.45, 2.75) is 13.0 Å². The van der Waals surface area contributed by atoms with E-state index in [1.54, 1.807) is 0 Å². The molecule has 0 aliphatic rings. The Bertz CT molecular complexity index is 453. The van der Waals surface area contributed by atoms with E-state index in [9.17, 15) is 14.0 Å². The first-order chi connectivity index (χ1) is 7.91. The molecular formula is C10H11ClFN3O2. The Balaban J connectivity index is 2.74. The third-order valence-corrected chi connectivity index (χ3v) is 2.26. The van der Waals surface area contributed by atoms with E-state index in [1.807, 2.05) is 5.32 Å². The van der Waals surface area contributed by atoms with Crippen LogP contribution in [0.4, 0.5) is 14.9 Å². The summed E-state index contributed by atoms with van der Waals surface area (Å²) in [6, 6.07) is 2.56. The van der Waals surface area contributed by atoms with Crippen molar-refractivity contribution in [2.24, 2.45) is 5.73 Å². The number of hydrogen-bond acceptors (Lipinski definition) is 3. The topological polar surface area (TPSA) is 84.2 Å². The van der Waals surface area contributed by atoms with Crippen molar-refractivity contribution in [3.8, 4) is 0 Å². The van der Waals surface area contributed by atoms with Crippen LogP contribution in [0.3, 0.4) is 0 Å². The lowest BCUT2D eigenvalue weighted by atomic mass is 10.2. The first-order valence-electron chi connectivity index (χ1n) is 4.72. The van der Waals surface area contributed by atoms with E-state index in [-0.39, 0.29) is 10.7 Å². The van der Waals surface area contributed by atoms with Crippen LogP contribution in [-0.2, 0) is 4.79 Å². The van der Waals surface area contributed by atoms with E-state index in [2.05, 4.69) is 5.32 Å². The molecular weight excluding hydrogens is 249 g/mol.